The summed E-state index contributed by atoms with van der Waals surface area (Å²) >= 11 is 1.42. The van der Waals surface area contributed by atoms with E-state index in [9.17, 15) is 9.59 Å². The maximum Gasteiger partial charge on any atom is 0.279 e. The Kier molecular flexibility index (Phi) is 6.41. The average molecular weight is 362 g/mol. The van der Waals surface area contributed by atoms with Crippen LogP contribution in [0.3, 0.4) is 0 Å². The predicted octanol–water partition coefficient (Wildman–Crippen LogP) is 2.78. The van der Waals surface area contributed by atoms with E-state index >= 15 is 0 Å². The lowest BCUT2D eigenvalue weighted by molar-refractivity contribution is -0.123. The lowest BCUT2D eigenvalue weighted by atomic mass is 10.2. The number of hydrazine groups is 1. The van der Waals surface area contributed by atoms with E-state index in [-0.39, 0.29) is 12.5 Å². The maximum atomic E-state index is 12.1. The van der Waals surface area contributed by atoms with Crippen LogP contribution >= 0.6 is 11.3 Å². The van der Waals surface area contributed by atoms with Gasteiger partial charge in [0, 0.05) is 4.88 Å². The molecule has 134 valence electrons. The van der Waals surface area contributed by atoms with Crippen LogP contribution in [0.5, 0.6) is 11.5 Å². The highest BCUT2D eigenvalue weighted by Gasteiger charge is 2.13. The lowest BCUT2D eigenvalue weighted by Crippen LogP contribution is -2.43. The number of carbonyl (C=O) groups excluding carboxylic acids is 2. The molecule has 0 aliphatic heterocycles. The molecule has 1 aromatic carbocycles. The normalized spacial score (nSPS) is 10.2. The Morgan fingerprint density at radius 1 is 1.12 bits per heavy atom. The molecule has 0 saturated heterocycles. The van der Waals surface area contributed by atoms with Gasteiger partial charge in [-0.05, 0) is 49.6 Å². The summed E-state index contributed by atoms with van der Waals surface area (Å²) < 4.78 is 10.7. The van der Waals surface area contributed by atoms with Crippen LogP contribution in [0.2, 0.25) is 0 Å². The fourth-order valence-electron chi connectivity index (χ4n) is 2.24. The van der Waals surface area contributed by atoms with Gasteiger partial charge in [0.2, 0.25) is 0 Å². The summed E-state index contributed by atoms with van der Waals surface area (Å²) in [5, 5.41) is 0. The fourth-order valence-corrected chi connectivity index (χ4v) is 3.25. The quantitative estimate of drug-likeness (QED) is 0.775. The van der Waals surface area contributed by atoms with Gasteiger partial charge in [-0.3, -0.25) is 20.4 Å². The first-order valence-electron chi connectivity index (χ1n) is 7.90. The molecule has 0 atom stereocenters. The summed E-state index contributed by atoms with van der Waals surface area (Å²) in [7, 11) is 1.54. The lowest BCUT2D eigenvalue weighted by Gasteiger charge is -2.11. The van der Waals surface area contributed by atoms with Gasteiger partial charge >= 0.3 is 0 Å². The van der Waals surface area contributed by atoms with Gasteiger partial charge in [-0.1, -0.05) is 13.0 Å². The zero-order chi connectivity index (χ0) is 18.4. The third-order valence-electron chi connectivity index (χ3n) is 3.56. The molecule has 0 aliphatic rings. The van der Waals surface area contributed by atoms with E-state index in [1.54, 1.807) is 6.07 Å². The van der Waals surface area contributed by atoms with Crippen LogP contribution < -0.4 is 20.3 Å². The Labute approximate surface area is 151 Å². The van der Waals surface area contributed by atoms with Crippen LogP contribution in [0, 0.1) is 13.8 Å². The molecule has 0 fully saturated rings. The van der Waals surface area contributed by atoms with Crippen LogP contribution in [0.1, 0.15) is 32.6 Å². The number of amides is 2. The molecule has 0 aliphatic carbocycles. The summed E-state index contributed by atoms with van der Waals surface area (Å²) in [5.74, 6) is 0.225. The van der Waals surface area contributed by atoms with Crippen molar-refractivity contribution in [2.75, 3.05) is 13.7 Å². The van der Waals surface area contributed by atoms with E-state index in [4.69, 9.17) is 9.47 Å². The molecule has 6 nitrogen and oxygen atoms in total. The molecule has 0 bridgehead atoms. The second-order valence-electron chi connectivity index (χ2n) is 5.52. The monoisotopic (exact) mass is 362 g/mol. The molecule has 25 heavy (non-hydrogen) atoms. The summed E-state index contributed by atoms with van der Waals surface area (Å²) in [6, 6.07) is 7.24. The number of rotatable bonds is 6. The smallest absolute Gasteiger partial charge is 0.279 e. The summed E-state index contributed by atoms with van der Waals surface area (Å²) in [6.07, 6.45) is 0.877. The van der Waals surface area contributed by atoms with Crippen molar-refractivity contribution in [3.63, 3.8) is 0 Å². The molecule has 1 aromatic heterocycles. The van der Waals surface area contributed by atoms with Crippen molar-refractivity contribution in [3.05, 3.63) is 45.1 Å². The Morgan fingerprint density at radius 3 is 2.52 bits per heavy atom. The highest BCUT2D eigenvalue weighted by atomic mass is 32.1. The largest absolute Gasteiger partial charge is 0.493 e. The molecule has 2 amide bonds. The van der Waals surface area contributed by atoms with Crippen molar-refractivity contribution in [2.45, 2.75) is 27.2 Å². The summed E-state index contributed by atoms with van der Waals surface area (Å²) in [5.41, 5.74) is 6.86. The van der Waals surface area contributed by atoms with E-state index in [2.05, 4.69) is 10.9 Å². The van der Waals surface area contributed by atoms with Gasteiger partial charge < -0.3 is 9.47 Å². The minimum Gasteiger partial charge on any atom is -0.493 e. The number of hydrogen-bond acceptors (Lipinski definition) is 5. The first-order chi connectivity index (χ1) is 11.9. The van der Waals surface area contributed by atoms with Crippen LogP contribution in [0.25, 0.3) is 0 Å². The van der Waals surface area contributed by atoms with Gasteiger partial charge in [-0.15, -0.1) is 11.3 Å². The van der Waals surface area contributed by atoms with Gasteiger partial charge in [0.1, 0.15) is 0 Å². The molecule has 0 saturated carbocycles. The Bertz CT molecular complexity index is 770. The van der Waals surface area contributed by atoms with E-state index in [1.165, 1.54) is 18.4 Å². The number of hydrogen-bond donors (Lipinski definition) is 2. The average Bonchev–Trinajstić information content (AvgIpc) is 2.99. The van der Waals surface area contributed by atoms with Crippen molar-refractivity contribution in [1.82, 2.24) is 10.9 Å². The van der Waals surface area contributed by atoms with E-state index < -0.39 is 5.91 Å². The zero-order valence-electron chi connectivity index (χ0n) is 14.8. The standard InChI is InChI=1S/C18H22N2O4S/c1-5-15-12(3)9-16(25-15)18(22)20-19-17(21)10-24-13-7-6-11(2)8-14(13)23-4/h6-9H,5,10H2,1-4H3,(H,19,21)(H,20,22). The van der Waals surface area contributed by atoms with Crippen LogP contribution in [-0.2, 0) is 11.2 Å². The van der Waals surface area contributed by atoms with Gasteiger partial charge in [-0.25, -0.2) is 0 Å². The van der Waals surface area contributed by atoms with Crippen molar-refractivity contribution >= 4 is 23.2 Å². The van der Waals surface area contributed by atoms with Gasteiger partial charge in [0.05, 0.1) is 12.0 Å². The maximum absolute atomic E-state index is 12.1. The van der Waals surface area contributed by atoms with E-state index in [1.807, 2.05) is 39.0 Å². The van der Waals surface area contributed by atoms with Crippen molar-refractivity contribution in [2.24, 2.45) is 0 Å². The Hall–Kier alpha value is -2.54. The number of nitrogens with one attached hydrogen (secondary N) is 2. The summed E-state index contributed by atoms with van der Waals surface area (Å²) in [4.78, 5) is 25.6. The molecule has 2 rings (SSSR count). The molecule has 0 spiro atoms. The van der Waals surface area contributed by atoms with Crippen molar-refractivity contribution in [1.29, 1.82) is 0 Å². The van der Waals surface area contributed by atoms with Gasteiger partial charge in [0.15, 0.2) is 18.1 Å². The second kappa shape index (κ2) is 8.53. The topological polar surface area (TPSA) is 76.7 Å². The molecule has 2 aromatic rings. The molecule has 0 unspecified atom stereocenters. The summed E-state index contributed by atoms with van der Waals surface area (Å²) in [6.45, 7) is 5.71. The minimum absolute atomic E-state index is 0.233. The number of aryl methyl sites for hydroxylation is 3. The molecule has 7 heteroatoms. The highest BCUT2D eigenvalue weighted by Crippen LogP contribution is 2.27. The first-order valence-corrected chi connectivity index (χ1v) is 8.72. The second-order valence-corrected chi connectivity index (χ2v) is 6.65. The number of thiophene rings is 1. The third-order valence-corrected chi connectivity index (χ3v) is 4.94. The van der Waals surface area contributed by atoms with Crippen LogP contribution in [-0.4, -0.2) is 25.5 Å². The zero-order valence-corrected chi connectivity index (χ0v) is 15.6. The van der Waals surface area contributed by atoms with Gasteiger partial charge in [-0.2, -0.15) is 0 Å². The van der Waals surface area contributed by atoms with Crippen molar-refractivity contribution < 1.29 is 19.1 Å². The highest BCUT2D eigenvalue weighted by molar-refractivity contribution is 7.14. The first kappa shape index (κ1) is 18.8. The number of methoxy groups -OCH3 is 1. The molecular weight excluding hydrogens is 340 g/mol. The third kappa shape index (κ3) is 4.96. The van der Waals surface area contributed by atoms with Crippen LogP contribution in [0.4, 0.5) is 0 Å². The number of benzene rings is 1. The molecule has 2 N–H and O–H groups in total. The molecule has 0 radical (unpaired) electrons. The number of carbonyl (C=O) groups is 2. The Morgan fingerprint density at radius 2 is 1.88 bits per heavy atom. The molecule has 1 heterocycles. The Balaban J connectivity index is 1.85. The van der Waals surface area contributed by atoms with Crippen LogP contribution in [0.15, 0.2) is 24.3 Å². The fraction of sp³-hybridized carbons (Fsp3) is 0.333. The predicted molar refractivity (Wildman–Crippen MR) is 97.3 cm³/mol. The minimum atomic E-state index is -0.458. The molecular formula is C18H22N2O4S. The van der Waals surface area contributed by atoms with E-state index in [0.717, 1.165) is 22.4 Å². The van der Waals surface area contributed by atoms with E-state index in [0.29, 0.717) is 16.4 Å². The van der Waals surface area contributed by atoms with Gasteiger partial charge in [0.25, 0.3) is 11.8 Å². The SMILES string of the molecule is CCc1sc(C(=O)NNC(=O)COc2ccc(C)cc2OC)cc1C. The number of ether oxygens (including phenoxy) is 2. The van der Waals surface area contributed by atoms with Crippen molar-refractivity contribution in [3.8, 4) is 11.5 Å².